The normalized spacial score (nSPS) is 13.1. The minimum Gasteiger partial charge on any atom is -0.341 e. The molecule has 0 unspecified atom stereocenters. The number of aryl methyl sites for hydroxylation is 2. The van der Waals surface area contributed by atoms with Crippen LogP contribution < -0.4 is 5.56 Å². The van der Waals surface area contributed by atoms with Gasteiger partial charge >= 0.3 is 0 Å². The van der Waals surface area contributed by atoms with Crippen LogP contribution >= 0.6 is 23.1 Å². The molecule has 0 saturated heterocycles. The van der Waals surface area contributed by atoms with E-state index >= 15 is 0 Å². The maximum absolute atomic E-state index is 13.0. The number of hydrogen-bond donors (Lipinski definition) is 1. The van der Waals surface area contributed by atoms with Gasteiger partial charge in [0.15, 0.2) is 5.16 Å². The van der Waals surface area contributed by atoms with Crippen molar-refractivity contribution >= 4 is 39.2 Å². The first-order valence-electron chi connectivity index (χ1n) is 11.1. The summed E-state index contributed by atoms with van der Waals surface area (Å²) in [5.41, 5.74) is 5.77. The highest BCUT2D eigenvalue weighted by atomic mass is 32.2. The highest BCUT2D eigenvalue weighted by Gasteiger charge is 2.17. The van der Waals surface area contributed by atoms with Gasteiger partial charge in [-0.1, -0.05) is 60.3 Å². The van der Waals surface area contributed by atoms with Crippen LogP contribution in [0.15, 0.2) is 63.9 Å². The molecule has 2 heterocycles. The Balaban J connectivity index is 1.32. The Morgan fingerprint density at radius 1 is 1.12 bits per heavy atom. The van der Waals surface area contributed by atoms with Crippen LogP contribution in [-0.4, -0.2) is 33.6 Å². The lowest BCUT2D eigenvalue weighted by Crippen LogP contribution is -2.27. The highest BCUT2D eigenvalue weighted by molar-refractivity contribution is 7.99. The minimum absolute atomic E-state index is 0.00692. The number of nitrogens with zero attached hydrogens (tertiary/aromatic N) is 2. The van der Waals surface area contributed by atoms with Crippen LogP contribution in [-0.2, 0) is 24.2 Å². The van der Waals surface area contributed by atoms with E-state index in [1.807, 2.05) is 35.7 Å². The summed E-state index contributed by atoms with van der Waals surface area (Å²) in [7, 11) is 1.79. The summed E-state index contributed by atoms with van der Waals surface area (Å²) in [6.07, 6.45) is 4.72. The number of fused-ring (bicyclic) bond motifs is 2. The number of nitrogens with one attached hydrogen (secondary N) is 1. The maximum atomic E-state index is 13.0. The predicted octanol–water partition coefficient (Wildman–Crippen LogP) is 5.28. The number of thioether (sulfide) groups is 1. The zero-order valence-corrected chi connectivity index (χ0v) is 20.1. The molecule has 1 aliphatic rings. The summed E-state index contributed by atoms with van der Waals surface area (Å²) in [6, 6.07) is 16.4. The number of aromatic nitrogens is 2. The van der Waals surface area contributed by atoms with Crippen LogP contribution in [0.3, 0.4) is 0 Å². The van der Waals surface area contributed by atoms with Gasteiger partial charge in [-0.05, 0) is 47.9 Å². The third-order valence-electron chi connectivity index (χ3n) is 6.10. The molecule has 0 spiro atoms. The summed E-state index contributed by atoms with van der Waals surface area (Å²) in [6.45, 7) is 0.554. The second-order valence-electron chi connectivity index (χ2n) is 8.42. The first-order valence-corrected chi connectivity index (χ1v) is 13.0. The molecule has 7 heteroatoms. The van der Waals surface area contributed by atoms with Crippen molar-refractivity contribution in [3.8, 4) is 11.1 Å². The van der Waals surface area contributed by atoms with Crippen molar-refractivity contribution in [3.05, 3.63) is 81.0 Å². The number of carbonyl (C=O) groups excluding carboxylic acids is 1. The lowest BCUT2D eigenvalue weighted by Gasteiger charge is -2.17. The van der Waals surface area contributed by atoms with Crippen molar-refractivity contribution in [1.29, 1.82) is 0 Å². The van der Waals surface area contributed by atoms with Gasteiger partial charge in [-0.3, -0.25) is 9.59 Å². The molecule has 4 aromatic rings. The maximum Gasteiger partial charge on any atom is 0.260 e. The average molecular weight is 476 g/mol. The molecular weight excluding hydrogens is 450 g/mol. The Hall–Kier alpha value is -2.90. The molecule has 1 amide bonds. The van der Waals surface area contributed by atoms with Crippen molar-refractivity contribution < 1.29 is 4.79 Å². The van der Waals surface area contributed by atoms with E-state index in [0.717, 1.165) is 29.5 Å². The van der Waals surface area contributed by atoms with Gasteiger partial charge in [-0.2, -0.15) is 0 Å². The Kier molecular flexibility index (Phi) is 6.33. The second-order valence-corrected chi connectivity index (χ2v) is 10.2. The van der Waals surface area contributed by atoms with Crippen molar-refractivity contribution in [1.82, 2.24) is 14.9 Å². The summed E-state index contributed by atoms with van der Waals surface area (Å²) in [5, 5.41) is 3.13. The Morgan fingerprint density at radius 3 is 2.73 bits per heavy atom. The molecule has 0 aliphatic heterocycles. The standard InChI is InChI=1S/C26H25N3O2S2/c1-29(14-17-7-3-2-4-8-17)22(30)16-33-26-27-24(31)23-21(15-32-25(23)28-26)20-12-11-18-9-5-6-10-19(18)13-20/h2-4,7-8,11-13,15H,5-6,9-10,14,16H2,1H3,(H,27,28,31). The number of thiophene rings is 1. The van der Waals surface area contributed by atoms with Gasteiger partial charge in [0.1, 0.15) is 4.83 Å². The number of benzene rings is 2. The lowest BCUT2D eigenvalue weighted by atomic mass is 9.89. The first kappa shape index (κ1) is 21.9. The number of rotatable bonds is 6. The zero-order valence-electron chi connectivity index (χ0n) is 18.5. The smallest absolute Gasteiger partial charge is 0.260 e. The summed E-state index contributed by atoms with van der Waals surface area (Å²) >= 11 is 2.75. The first-order chi connectivity index (χ1) is 16.1. The van der Waals surface area contributed by atoms with Gasteiger partial charge in [-0.25, -0.2) is 4.98 Å². The van der Waals surface area contributed by atoms with E-state index in [2.05, 4.69) is 28.2 Å². The average Bonchev–Trinajstić information content (AvgIpc) is 3.27. The topological polar surface area (TPSA) is 66.1 Å². The van der Waals surface area contributed by atoms with E-state index in [0.29, 0.717) is 21.9 Å². The lowest BCUT2D eigenvalue weighted by molar-refractivity contribution is -0.127. The molecular formula is C26H25N3O2S2. The van der Waals surface area contributed by atoms with Crippen LogP contribution in [0.5, 0.6) is 0 Å². The summed E-state index contributed by atoms with van der Waals surface area (Å²) in [4.78, 5) is 35.5. The quantitative estimate of drug-likeness (QED) is 0.304. The van der Waals surface area contributed by atoms with Gasteiger partial charge in [0, 0.05) is 24.5 Å². The van der Waals surface area contributed by atoms with Crippen LogP contribution in [0.4, 0.5) is 0 Å². The third kappa shape index (κ3) is 4.75. The number of hydrogen-bond acceptors (Lipinski definition) is 5. The molecule has 2 aromatic heterocycles. The van der Waals surface area contributed by atoms with E-state index in [1.165, 1.54) is 47.1 Å². The molecule has 0 saturated carbocycles. The molecule has 168 valence electrons. The van der Waals surface area contributed by atoms with Gasteiger partial charge in [0.2, 0.25) is 5.91 Å². The van der Waals surface area contributed by atoms with E-state index in [-0.39, 0.29) is 17.2 Å². The van der Waals surface area contributed by atoms with Gasteiger partial charge < -0.3 is 9.88 Å². The van der Waals surface area contributed by atoms with E-state index in [4.69, 9.17) is 0 Å². The van der Waals surface area contributed by atoms with E-state index in [1.54, 1.807) is 11.9 Å². The van der Waals surface area contributed by atoms with Gasteiger partial charge in [0.25, 0.3) is 5.56 Å². The highest BCUT2D eigenvalue weighted by Crippen LogP contribution is 2.34. The molecule has 1 N–H and O–H groups in total. The monoisotopic (exact) mass is 475 g/mol. The minimum atomic E-state index is -0.151. The van der Waals surface area contributed by atoms with Crippen molar-refractivity contribution in [2.24, 2.45) is 0 Å². The zero-order chi connectivity index (χ0) is 22.8. The number of H-pyrrole nitrogens is 1. The Labute approximate surface area is 200 Å². The largest absolute Gasteiger partial charge is 0.341 e. The molecule has 5 nitrogen and oxygen atoms in total. The van der Waals surface area contributed by atoms with E-state index < -0.39 is 0 Å². The summed E-state index contributed by atoms with van der Waals surface area (Å²) < 4.78 is 0. The third-order valence-corrected chi connectivity index (χ3v) is 7.83. The van der Waals surface area contributed by atoms with Crippen molar-refractivity contribution in [2.75, 3.05) is 12.8 Å². The molecule has 33 heavy (non-hydrogen) atoms. The molecule has 1 aliphatic carbocycles. The van der Waals surface area contributed by atoms with Crippen LogP contribution in [0.1, 0.15) is 29.5 Å². The Morgan fingerprint density at radius 2 is 1.91 bits per heavy atom. The molecule has 2 aromatic carbocycles. The van der Waals surface area contributed by atoms with Gasteiger partial charge in [-0.15, -0.1) is 11.3 Å². The number of carbonyl (C=O) groups is 1. The van der Waals surface area contributed by atoms with Gasteiger partial charge in [0.05, 0.1) is 11.1 Å². The fraction of sp³-hybridized carbons (Fsp3) is 0.269. The molecule has 0 atom stereocenters. The van der Waals surface area contributed by atoms with Crippen molar-refractivity contribution in [2.45, 2.75) is 37.4 Å². The molecule has 0 fully saturated rings. The van der Waals surface area contributed by atoms with Crippen molar-refractivity contribution in [3.63, 3.8) is 0 Å². The predicted molar refractivity (Wildman–Crippen MR) is 136 cm³/mol. The fourth-order valence-corrected chi connectivity index (χ4v) is 6.10. The molecule has 0 radical (unpaired) electrons. The molecule has 5 rings (SSSR count). The summed E-state index contributed by atoms with van der Waals surface area (Å²) in [5.74, 6) is 0.216. The van der Waals surface area contributed by atoms with E-state index in [9.17, 15) is 9.59 Å². The van der Waals surface area contributed by atoms with Crippen LogP contribution in [0.2, 0.25) is 0 Å². The second kappa shape index (κ2) is 9.53. The SMILES string of the molecule is CN(Cc1ccccc1)C(=O)CSc1nc2scc(-c3ccc4c(c3)CCCC4)c2c(=O)[nH]1. The number of aromatic amines is 1. The number of amides is 1. The Bertz CT molecular complexity index is 1360. The van der Waals surface area contributed by atoms with Crippen LogP contribution in [0, 0.1) is 0 Å². The van der Waals surface area contributed by atoms with Crippen LogP contribution in [0.25, 0.3) is 21.3 Å². The fourth-order valence-electron chi connectivity index (χ4n) is 4.30. The molecule has 0 bridgehead atoms.